The Balaban J connectivity index is 1.76. The van der Waals surface area contributed by atoms with Crippen molar-refractivity contribution in [2.24, 2.45) is 0 Å². The third kappa shape index (κ3) is 4.66. The monoisotopic (exact) mass is 287 g/mol. The van der Waals surface area contributed by atoms with E-state index in [1.54, 1.807) is 24.8 Å². The van der Waals surface area contributed by atoms with Crippen LogP contribution in [0.4, 0.5) is 0 Å². The number of nitrogens with zero attached hydrogens (tertiary/aromatic N) is 4. The van der Waals surface area contributed by atoms with Gasteiger partial charge in [0.15, 0.2) is 0 Å². The summed E-state index contributed by atoms with van der Waals surface area (Å²) in [5, 5.41) is 2.99. The molecule has 2 aromatic heterocycles. The number of imidazole rings is 1. The Labute approximate surface area is 124 Å². The fourth-order valence-corrected chi connectivity index (χ4v) is 2.23. The van der Waals surface area contributed by atoms with Crippen LogP contribution in [0.15, 0.2) is 31.0 Å². The molecule has 1 atom stereocenters. The van der Waals surface area contributed by atoms with Crippen molar-refractivity contribution in [1.29, 1.82) is 0 Å². The fraction of sp³-hybridized carbons (Fsp3) is 0.467. The Morgan fingerprint density at radius 2 is 2.19 bits per heavy atom. The molecule has 1 amide bonds. The van der Waals surface area contributed by atoms with E-state index < -0.39 is 0 Å². The van der Waals surface area contributed by atoms with Crippen LogP contribution >= 0.6 is 0 Å². The normalized spacial score (nSPS) is 12.1. The molecule has 0 aliphatic carbocycles. The first-order valence-electron chi connectivity index (χ1n) is 7.23. The first kappa shape index (κ1) is 15.2. The summed E-state index contributed by atoms with van der Waals surface area (Å²) in [6.45, 7) is 4.69. The van der Waals surface area contributed by atoms with Crippen molar-refractivity contribution < 1.29 is 4.79 Å². The van der Waals surface area contributed by atoms with E-state index in [0.717, 1.165) is 17.9 Å². The highest BCUT2D eigenvalue weighted by Gasteiger charge is 2.10. The number of amides is 1. The molecule has 0 aliphatic heterocycles. The predicted molar refractivity (Wildman–Crippen MR) is 79.6 cm³/mol. The topological polar surface area (TPSA) is 72.7 Å². The molecule has 6 nitrogen and oxygen atoms in total. The van der Waals surface area contributed by atoms with E-state index in [0.29, 0.717) is 19.4 Å². The average Bonchev–Trinajstić information content (AvgIpc) is 2.93. The number of hydrogen-bond acceptors (Lipinski definition) is 4. The first-order chi connectivity index (χ1) is 10.2. The van der Waals surface area contributed by atoms with Crippen LogP contribution in [0.3, 0.4) is 0 Å². The largest absolute Gasteiger partial charge is 0.353 e. The van der Waals surface area contributed by atoms with Crippen LogP contribution in [0.2, 0.25) is 0 Å². The van der Waals surface area contributed by atoms with Gasteiger partial charge in [0.05, 0.1) is 5.69 Å². The van der Waals surface area contributed by atoms with Gasteiger partial charge in [0.2, 0.25) is 5.91 Å². The number of carbonyl (C=O) groups excluding carboxylic acids is 1. The second-order valence-electron chi connectivity index (χ2n) is 5.01. The Kier molecular flexibility index (Phi) is 5.43. The maximum atomic E-state index is 12.0. The maximum absolute atomic E-state index is 12.0. The van der Waals surface area contributed by atoms with Crippen molar-refractivity contribution in [2.75, 3.05) is 0 Å². The van der Waals surface area contributed by atoms with Gasteiger partial charge in [-0.15, -0.1) is 0 Å². The lowest BCUT2D eigenvalue weighted by atomic mass is 10.2. The van der Waals surface area contributed by atoms with Crippen LogP contribution in [-0.2, 0) is 24.2 Å². The lowest BCUT2D eigenvalue weighted by Crippen LogP contribution is -2.34. The van der Waals surface area contributed by atoms with Gasteiger partial charge in [0, 0.05) is 62.8 Å². The summed E-state index contributed by atoms with van der Waals surface area (Å²) in [7, 11) is 0. The Hall–Kier alpha value is -2.24. The van der Waals surface area contributed by atoms with E-state index in [2.05, 4.69) is 27.2 Å². The van der Waals surface area contributed by atoms with Crippen molar-refractivity contribution in [3.8, 4) is 0 Å². The zero-order chi connectivity index (χ0) is 15.1. The van der Waals surface area contributed by atoms with Gasteiger partial charge in [0.1, 0.15) is 5.82 Å². The molecule has 6 heteroatoms. The van der Waals surface area contributed by atoms with E-state index in [9.17, 15) is 4.79 Å². The molecule has 1 unspecified atom stereocenters. The molecular formula is C15H21N5O. The summed E-state index contributed by atoms with van der Waals surface area (Å²) >= 11 is 0. The minimum Gasteiger partial charge on any atom is -0.353 e. The number of rotatable bonds is 7. The third-order valence-electron chi connectivity index (χ3n) is 3.24. The van der Waals surface area contributed by atoms with E-state index in [4.69, 9.17) is 0 Å². The predicted octanol–water partition coefficient (Wildman–Crippen LogP) is 1.37. The Bertz CT molecular complexity index is 566. The Morgan fingerprint density at radius 3 is 2.90 bits per heavy atom. The molecule has 0 fully saturated rings. The van der Waals surface area contributed by atoms with Crippen LogP contribution in [0.25, 0.3) is 0 Å². The van der Waals surface area contributed by atoms with Gasteiger partial charge < -0.3 is 9.88 Å². The summed E-state index contributed by atoms with van der Waals surface area (Å²) in [5.41, 5.74) is 0.883. The van der Waals surface area contributed by atoms with Crippen LogP contribution < -0.4 is 5.32 Å². The molecule has 0 aliphatic rings. The third-order valence-corrected chi connectivity index (χ3v) is 3.24. The van der Waals surface area contributed by atoms with Gasteiger partial charge in [-0.1, -0.05) is 6.92 Å². The second-order valence-corrected chi connectivity index (χ2v) is 5.01. The highest BCUT2D eigenvalue weighted by molar-refractivity contribution is 5.76. The number of hydrogen-bond donors (Lipinski definition) is 1. The summed E-state index contributed by atoms with van der Waals surface area (Å²) < 4.78 is 2.02. The molecule has 0 bridgehead atoms. The van der Waals surface area contributed by atoms with Gasteiger partial charge in [-0.3, -0.25) is 14.8 Å². The van der Waals surface area contributed by atoms with Crippen molar-refractivity contribution in [3.05, 3.63) is 42.5 Å². The zero-order valence-corrected chi connectivity index (χ0v) is 12.5. The molecule has 2 aromatic rings. The molecule has 0 radical (unpaired) electrons. The highest BCUT2D eigenvalue weighted by Crippen LogP contribution is 2.01. The lowest BCUT2D eigenvalue weighted by molar-refractivity contribution is -0.121. The van der Waals surface area contributed by atoms with E-state index in [-0.39, 0.29) is 11.9 Å². The van der Waals surface area contributed by atoms with Gasteiger partial charge in [-0.2, -0.15) is 0 Å². The molecule has 112 valence electrons. The van der Waals surface area contributed by atoms with Crippen LogP contribution in [0, 0.1) is 0 Å². The smallest absolute Gasteiger partial charge is 0.222 e. The van der Waals surface area contributed by atoms with Gasteiger partial charge in [0.25, 0.3) is 0 Å². The van der Waals surface area contributed by atoms with E-state index in [1.165, 1.54) is 0 Å². The minimum atomic E-state index is 0.0437. The van der Waals surface area contributed by atoms with Gasteiger partial charge in [-0.05, 0) is 6.92 Å². The molecule has 2 heterocycles. The maximum Gasteiger partial charge on any atom is 0.222 e. The Morgan fingerprint density at radius 1 is 1.33 bits per heavy atom. The molecule has 0 spiro atoms. The minimum absolute atomic E-state index is 0.0437. The summed E-state index contributed by atoms with van der Waals surface area (Å²) in [6, 6.07) is 0.0441. The van der Waals surface area contributed by atoms with Crippen molar-refractivity contribution in [1.82, 2.24) is 24.8 Å². The zero-order valence-electron chi connectivity index (χ0n) is 12.5. The van der Waals surface area contributed by atoms with Crippen LogP contribution in [0.5, 0.6) is 0 Å². The van der Waals surface area contributed by atoms with Crippen LogP contribution in [0.1, 0.15) is 31.8 Å². The molecule has 1 N–H and O–H groups in total. The lowest BCUT2D eigenvalue weighted by Gasteiger charge is -2.13. The number of aromatic nitrogens is 4. The molecule has 21 heavy (non-hydrogen) atoms. The standard InChI is InChI=1S/C15H21N5O/c1-3-14-18-7-9-20(14)8-4-15(21)19-12(2)10-13-11-16-5-6-17-13/h5-7,9,11-12H,3-4,8,10H2,1-2H3,(H,19,21). The van der Waals surface area contributed by atoms with Gasteiger partial charge in [-0.25, -0.2) is 4.98 Å². The SMILES string of the molecule is CCc1nccn1CCC(=O)NC(C)Cc1cnccn1. The van der Waals surface area contributed by atoms with E-state index >= 15 is 0 Å². The quantitative estimate of drug-likeness (QED) is 0.835. The van der Waals surface area contributed by atoms with Crippen molar-refractivity contribution in [2.45, 2.75) is 45.7 Å². The summed E-state index contributed by atoms with van der Waals surface area (Å²) in [5.74, 6) is 1.05. The molecule has 2 rings (SSSR count). The van der Waals surface area contributed by atoms with Crippen LogP contribution in [-0.4, -0.2) is 31.5 Å². The average molecular weight is 287 g/mol. The van der Waals surface area contributed by atoms with Crippen molar-refractivity contribution >= 4 is 5.91 Å². The fourth-order valence-electron chi connectivity index (χ4n) is 2.23. The molecule has 0 saturated carbocycles. The van der Waals surface area contributed by atoms with E-state index in [1.807, 2.05) is 17.7 Å². The first-order valence-corrected chi connectivity index (χ1v) is 7.23. The number of carbonyl (C=O) groups is 1. The summed E-state index contributed by atoms with van der Waals surface area (Å²) in [4.78, 5) is 24.4. The number of aryl methyl sites for hydroxylation is 2. The van der Waals surface area contributed by atoms with Crippen molar-refractivity contribution in [3.63, 3.8) is 0 Å². The molecular weight excluding hydrogens is 266 g/mol. The number of nitrogens with one attached hydrogen (secondary N) is 1. The molecule has 0 aromatic carbocycles. The molecule has 0 saturated heterocycles. The summed E-state index contributed by atoms with van der Waals surface area (Å²) in [6.07, 6.45) is 10.7. The van der Waals surface area contributed by atoms with Gasteiger partial charge >= 0.3 is 0 Å². The highest BCUT2D eigenvalue weighted by atomic mass is 16.1. The second kappa shape index (κ2) is 7.52.